The van der Waals surface area contributed by atoms with Gasteiger partial charge in [-0.1, -0.05) is 39.8 Å². The fraction of sp³-hybridized carbons (Fsp3) is 0.444. The summed E-state index contributed by atoms with van der Waals surface area (Å²) >= 11 is 0. The second kappa shape index (κ2) is 7.25. The van der Waals surface area contributed by atoms with Gasteiger partial charge in [-0.25, -0.2) is 9.97 Å². The zero-order chi connectivity index (χ0) is 16.1. The normalized spacial score (nSPS) is 11.0. The molecule has 0 fully saturated rings. The lowest BCUT2D eigenvalue weighted by Gasteiger charge is -2.12. The lowest BCUT2D eigenvalue weighted by molar-refractivity contribution is 0.686. The van der Waals surface area contributed by atoms with Gasteiger partial charge in [-0.05, 0) is 36.5 Å². The van der Waals surface area contributed by atoms with Crippen molar-refractivity contribution in [3.05, 3.63) is 41.7 Å². The molecule has 0 saturated carbocycles. The number of nitrogens with one attached hydrogen (secondary N) is 2. The van der Waals surface area contributed by atoms with E-state index < -0.39 is 0 Å². The van der Waals surface area contributed by atoms with Crippen LogP contribution in [-0.2, 0) is 0 Å². The molecule has 2 rings (SSSR count). The zero-order valence-corrected chi connectivity index (χ0v) is 14.1. The van der Waals surface area contributed by atoms with Crippen LogP contribution in [0, 0.1) is 12.8 Å². The molecule has 0 atom stereocenters. The minimum absolute atomic E-state index is 0.544. The summed E-state index contributed by atoms with van der Waals surface area (Å²) in [4.78, 5) is 8.87. The predicted molar refractivity (Wildman–Crippen MR) is 93.9 cm³/mol. The first-order valence-electron chi connectivity index (χ1n) is 7.90. The maximum atomic E-state index is 4.45. The van der Waals surface area contributed by atoms with Crippen LogP contribution in [0.15, 0.2) is 30.3 Å². The first kappa shape index (κ1) is 16.3. The number of anilines is 3. The highest BCUT2D eigenvalue weighted by atomic mass is 15.1. The van der Waals surface area contributed by atoms with Crippen LogP contribution in [0.1, 0.15) is 45.0 Å². The van der Waals surface area contributed by atoms with Crippen molar-refractivity contribution in [1.29, 1.82) is 0 Å². The van der Waals surface area contributed by atoms with E-state index in [1.165, 1.54) is 5.56 Å². The van der Waals surface area contributed by atoms with Gasteiger partial charge in [0.15, 0.2) is 0 Å². The number of benzene rings is 1. The van der Waals surface area contributed by atoms with Gasteiger partial charge >= 0.3 is 0 Å². The number of rotatable bonds is 6. The molecule has 118 valence electrons. The highest BCUT2D eigenvalue weighted by Gasteiger charge is 2.04. The Labute approximate surface area is 133 Å². The van der Waals surface area contributed by atoms with Crippen LogP contribution < -0.4 is 10.6 Å². The second-order valence-electron chi connectivity index (χ2n) is 6.36. The van der Waals surface area contributed by atoms with Crippen LogP contribution in [-0.4, -0.2) is 16.5 Å². The SMILES string of the molecule is Cc1nc(NCC(C)C)cc(Nc2ccc(C(C)C)cc2)n1. The van der Waals surface area contributed by atoms with Gasteiger partial charge < -0.3 is 10.6 Å². The summed E-state index contributed by atoms with van der Waals surface area (Å²) in [5.74, 6) is 3.56. The quantitative estimate of drug-likeness (QED) is 0.810. The third kappa shape index (κ3) is 4.72. The van der Waals surface area contributed by atoms with Crippen LogP contribution in [0.5, 0.6) is 0 Å². The third-order valence-corrected chi connectivity index (χ3v) is 3.38. The number of hydrogen-bond donors (Lipinski definition) is 2. The Morgan fingerprint density at radius 2 is 1.59 bits per heavy atom. The Balaban J connectivity index is 2.11. The molecule has 4 heteroatoms. The summed E-state index contributed by atoms with van der Waals surface area (Å²) in [6.45, 7) is 11.6. The molecule has 4 nitrogen and oxygen atoms in total. The van der Waals surface area contributed by atoms with E-state index in [-0.39, 0.29) is 0 Å². The smallest absolute Gasteiger partial charge is 0.136 e. The van der Waals surface area contributed by atoms with Crippen LogP contribution in [0.25, 0.3) is 0 Å². The van der Waals surface area contributed by atoms with Crippen molar-refractivity contribution < 1.29 is 0 Å². The average molecular weight is 298 g/mol. The van der Waals surface area contributed by atoms with Crippen molar-refractivity contribution in [3.63, 3.8) is 0 Å². The van der Waals surface area contributed by atoms with E-state index in [4.69, 9.17) is 0 Å². The largest absolute Gasteiger partial charge is 0.370 e. The maximum Gasteiger partial charge on any atom is 0.136 e. The lowest BCUT2D eigenvalue weighted by atomic mass is 10.0. The number of hydrogen-bond acceptors (Lipinski definition) is 4. The van der Waals surface area contributed by atoms with Crippen LogP contribution >= 0.6 is 0 Å². The first-order valence-corrected chi connectivity index (χ1v) is 7.90. The molecule has 1 aromatic carbocycles. The van der Waals surface area contributed by atoms with Crippen molar-refractivity contribution in [3.8, 4) is 0 Å². The van der Waals surface area contributed by atoms with Crippen LogP contribution in [0.2, 0.25) is 0 Å². The van der Waals surface area contributed by atoms with E-state index in [1.807, 2.05) is 13.0 Å². The highest BCUT2D eigenvalue weighted by Crippen LogP contribution is 2.21. The molecule has 0 radical (unpaired) electrons. The van der Waals surface area contributed by atoms with Crippen LogP contribution in [0.4, 0.5) is 17.3 Å². The molecular weight excluding hydrogens is 272 g/mol. The summed E-state index contributed by atoms with van der Waals surface area (Å²) in [7, 11) is 0. The summed E-state index contributed by atoms with van der Waals surface area (Å²) < 4.78 is 0. The van der Waals surface area contributed by atoms with Crippen molar-refractivity contribution in [2.24, 2.45) is 5.92 Å². The summed E-state index contributed by atoms with van der Waals surface area (Å²) in [6.07, 6.45) is 0. The standard InChI is InChI=1S/C18H26N4/c1-12(2)11-19-17-10-18(21-14(5)20-17)22-16-8-6-15(7-9-16)13(3)4/h6-10,12-13H,11H2,1-5H3,(H2,19,20,21,22). The van der Waals surface area contributed by atoms with Crippen molar-refractivity contribution in [2.45, 2.75) is 40.5 Å². The van der Waals surface area contributed by atoms with Gasteiger partial charge in [0.25, 0.3) is 0 Å². The van der Waals surface area contributed by atoms with E-state index in [0.717, 1.165) is 29.7 Å². The Morgan fingerprint density at radius 1 is 0.955 bits per heavy atom. The molecule has 0 unspecified atom stereocenters. The molecule has 0 aliphatic rings. The predicted octanol–water partition coefficient (Wildman–Crippen LogP) is 4.72. The Hall–Kier alpha value is -2.10. The maximum absolute atomic E-state index is 4.45. The van der Waals surface area contributed by atoms with Gasteiger partial charge in [-0.15, -0.1) is 0 Å². The average Bonchev–Trinajstić information content (AvgIpc) is 2.45. The molecule has 2 N–H and O–H groups in total. The Bertz CT molecular complexity index is 603. The zero-order valence-electron chi connectivity index (χ0n) is 14.1. The number of aromatic nitrogens is 2. The minimum atomic E-state index is 0.544. The van der Waals surface area contributed by atoms with Crippen molar-refractivity contribution >= 4 is 17.3 Å². The van der Waals surface area contributed by atoms with Gasteiger partial charge in [0, 0.05) is 18.3 Å². The molecule has 2 aromatic rings. The molecule has 0 spiro atoms. The van der Waals surface area contributed by atoms with Gasteiger partial charge in [-0.2, -0.15) is 0 Å². The third-order valence-electron chi connectivity index (χ3n) is 3.38. The monoisotopic (exact) mass is 298 g/mol. The second-order valence-corrected chi connectivity index (χ2v) is 6.36. The van der Waals surface area contributed by atoms with Crippen LogP contribution in [0.3, 0.4) is 0 Å². The molecule has 22 heavy (non-hydrogen) atoms. The van der Waals surface area contributed by atoms with E-state index in [0.29, 0.717) is 11.8 Å². The molecular formula is C18H26N4. The molecule has 1 heterocycles. The number of nitrogens with zero attached hydrogens (tertiary/aromatic N) is 2. The van der Waals surface area contributed by atoms with Gasteiger partial charge in [0.2, 0.25) is 0 Å². The summed E-state index contributed by atoms with van der Waals surface area (Å²) in [5, 5.41) is 6.69. The Morgan fingerprint density at radius 3 is 2.18 bits per heavy atom. The summed E-state index contributed by atoms with van der Waals surface area (Å²) in [5.41, 5.74) is 2.38. The molecule has 0 amide bonds. The molecule has 1 aromatic heterocycles. The van der Waals surface area contributed by atoms with E-state index >= 15 is 0 Å². The topological polar surface area (TPSA) is 49.8 Å². The van der Waals surface area contributed by atoms with Crippen molar-refractivity contribution in [1.82, 2.24) is 9.97 Å². The van der Waals surface area contributed by atoms with E-state index in [9.17, 15) is 0 Å². The first-order chi connectivity index (χ1) is 10.4. The fourth-order valence-corrected chi connectivity index (χ4v) is 2.13. The molecule has 0 bridgehead atoms. The fourth-order valence-electron chi connectivity index (χ4n) is 2.13. The minimum Gasteiger partial charge on any atom is -0.370 e. The summed E-state index contributed by atoms with van der Waals surface area (Å²) in [6, 6.07) is 10.4. The molecule has 0 aliphatic heterocycles. The van der Waals surface area contributed by atoms with Gasteiger partial charge in [-0.3, -0.25) is 0 Å². The van der Waals surface area contributed by atoms with Gasteiger partial charge in [0.1, 0.15) is 17.5 Å². The Kier molecular flexibility index (Phi) is 5.36. The number of aryl methyl sites for hydroxylation is 1. The lowest BCUT2D eigenvalue weighted by Crippen LogP contribution is -2.10. The van der Waals surface area contributed by atoms with Gasteiger partial charge in [0.05, 0.1) is 0 Å². The molecule has 0 aliphatic carbocycles. The van der Waals surface area contributed by atoms with E-state index in [1.54, 1.807) is 0 Å². The van der Waals surface area contributed by atoms with Crippen molar-refractivity contribution in [2.75, 3.05) is 17.2 Å². The highest BCUT2D eigenvalue weighted by molar-refractivity contribution is 5.59. The molecule has 0 saturated heterocycles. The van der Waals surface area contributed by atoms with E-state index in [2.05, 4.69) is 72.6 Å².